The minimum Gasteiger partial charge on any atom is -0.396 e. The van der Waals surface area contributed by atoms with Crippen molar-refractivity contribution in [3.05, 3.63) is 0 Å². The molecule has 0 aromatic rings. The van der Waals surface area contributed by atoms with Gasteiger partial charge in [0.1, 0.15) is 0 Å². The quantitative estimate of drug-likeness (QED) is 0.554. The summed E-state index contributed by atoms with van der Waals surface area (Å²) in [4.78, 5) is 0. The van der Waals surface area contributed by atoms with Crippen molar-refractivity contribution in [3.63, 3.8) is 0 Å². The molecule has 1 saturated carbocycles. The van der Waals surface area contributed by atoms with Crippen LogP contribution in [0.1, 0.15) is 85.0 Å². The Morgan fingerprint density at radius 3 is 2.32 bits per heavy atom. The lowest BCUT2D eigenvalue weighted by molar-refractivity contribution is 0.174. The van der Waals surface area contributed by atoms with Crippen LogP contribution in [0.2, 0.25) is 0 Å². The van der Waals surface area contributed by atoms with Gasteiger partial charge >= 0.3 is 0 Å². The molecule has 1 aliphatic carbocycles. The zero-order valence-electron chi connectivity index (χ0n) is 13.5. The van der Waals surface area contributed by atoms with E-state index in [0.717, 1.165) is 24.2 Å². The molecule has 1 aliphatic rings. The molecule has 114 valence electrons. The van der Waals surface area contributed by atoms with Crippen LogP contribution in [0, 0.1) is 23.7 Å². The van der Waals surface area contributed by atoms with Gasteiger partial charge in [0.15, 0.2) is 0 Å². The summed E-state index contributed by atoms with van der Waals surface area (Å²) in [5.74, 6) is 3.61. The molecule has 0 aliphatic heterocycles. The van der Waals surface area contributed by atoms with Gasteiger partial charge in [-0.2, -0.15) is 0 Å². The van der Waals surface area contributed by atoms with Gasteiger partial charge in [-0.1, -0.05) is 72.1 Å². The predicted octanol–water partition coefficient (Wildman–Crippen LogP) is 5.42. The summed E-state index contributed by atoms with van der Waals surface area (Å²) in [7, 11) is 0. The van der Waals surface area contributed by atoms with E-state index in [2.05, 4.69) is 20.8 Å². The average Bonchev–Trinajstić information content (AvgIpc) is 2.39. The molecule has 1 rings (SSSR count). The van der Waals surface area contributed by atoms with Crippen molar-refractivity contribution in [2.45, 2.75) is 85.0 Å². The topological polar surface area (TPSA) is 20.2 Å². The van der Waals surface area contributed by atoms with Crippen molar-refractivity contribution in [2.24, 2.45) is 23.7 Å². The van der Waals surface area contributed by atoms with Gasteiger partial charge < -0.3 is 5.11 Å². The zero-order chi connectivity index (χ0) is 14.1. The Bertz CT molecular complexity index is 214. The normalized spacial score (nSPS) is 27.2. The van der Waals surface area contributed by atoms with E-state index in [1.165, 1.54) is 57.8 Å². The molecular formula is C18H36O. The van der Waals surface area contributed by atoms with Crippen molar-refractivity contribution >= 4 is 0 Å². The summed E-state index contributed by atoms with van der Waals surface area (Å²) in [5.41, 5.74) is 0. The number of unbranched alkanes of at least 4 members (excludes halogenated alkanes) is 2. The number of rotatable bonds is 9. The van der Waals surface area contributed by atoms with Crippen LogP contribution in [-0.2, 0) is 0 Å². The molecule has 1 N–H and O–H groups in total. The second kappa shape index (κ2) is 9.80. The molecule has 0 aromatic carbocycles. The van der Waals surface area contributed by atoms with Crippen LogP contribution < -0.4 is 0 Å². The minimum absolute atomic E-state index is 0.359. The molecule has 1 nitrogen and oxygen atoms in total. The van der Waals surface area contributed by atoms with E-state index < -0.39 is 0 Å². The van der Waals surface area contributed by atoms with Crippen LogP contribution >= 0.6 is 0 Å². The average molecular weight is 268 g/mol. The van der Waals surface area contributed by atoms with Crippen LogP contribution in [0.4, 0.5) is 0 Å². The second-order valence-corrected chi connectivity index (χ2v) is 7.16. The maximum absolute atomic E-state index is 8.88. The summed E-state index contributed by atoms with van der Waals surface area (Å²) < 4.78 is 0. The van der Waals surface area contributed by atoms with Gasteiger partial charge in [-0.05, 0) is 36.5 Å². The lowest BCUT2D eigenvalue weighted by atomic mass is 9.72. The fraction of sp³-hybridized carbons (Fsp3) is 1.00. The third kappa shape index (κ3) is 6.79. The molecule has 0 amide bonds. The highest BCUT2D eigenvalue weighted by atomic mass is 16.3. The largest absolute Gasteiger partial charge is 0.396 e. The van der Waals surface area contributed by atoms with E-state index in [1.54, 1.807) is 0 Å². The van der Waals surface area contributed by atoms with E-state index in [4.69, 9.17) is 5.11 Å². The van der Waals surface area contributed by atoms with Crippen LogP contribution in [-0.4, -0.2) is 11.7 Å². The zero-order valence-corrected chi connectivity index (χ0v) is 13.5. The van der Waals surface area contributed by atoms with E-state index in [-0.39, 0.29) is 0 Å². The molecule has 19 heavy (non-hydrogen) atoms. The Morgan fingerprint density at radius 2 is 1.63 bits per heavy atom. The first-order valence-electron chi connectivity index (χ1n) is 8.76. The fourth-order valence-electron chi connectivity index (χ4n) is 3.90. The maximum atomic E-state index is 8.88. The lowest BCUT2D eigenvalue weighted by Gasteiger charge is -2.33. The Hall–Kier alpha value is -0.0400. The molecular weight excluding hydrogens is 232 g/mol. The Morgan fingerprint density at radius 1 is 0.947 bits per heavy atom. The molecule has 0 heterocycles. The highest BCUT2D eigenvalue weighted by Crippen LogP contribution is 2.36. The lowest BCUT2D eigenvalue weighted by Crippen LogP contribution is -2.23. The Labute approximate surface area is 121 Å². The summed E-state index contributed by atoms with van der Waals surface area (Å²) >= 11 is 0. The van der Waals surface area contributed by atoms with Gasteiger partial charge in [-0.3, -0.25) is 0 Å². The molecule has 0 spiro atoms. The molecule has 1 heteroatoms. The highest BCUT2D eigenvalue weighted by molar-refractivity contribution is 4.76. The van der Waals surface area contributed by atoms with Crippen LogP contribution in [0.25, 0.3) is 0 Å². The molecule has 0 aromatic heterocycles. The van der Waals surface area contributed by atoms with Gasteiger partial charge in [-0.25, -0.2) is 0 Å². The SMILES string of the molecule is CC(CCO)CCCCCC(C)C1CCCCC1C. The van der Waals surface area contributed by atoms with Crippen molar-refractivity contribution < 1.29 is 5.11 Å². The monoisotopic (exact) mass is 268 g/mol. The Balaban J connectivity index is 2.05. The van der Waals surface area contributed by atoms with Gasteiger partial charge in [-0.15, -0.1) is 0 Å². The first-order valence-corrected chi connectivity index (χ1v) is 8.76. The van der Waals surface area contributed by atoms with E-state index in [9.17, 15) is 0 Å². The van der Waals surface area contributed by atoms with Crippen LogP contribution in [0.15, 0.2) is 0 Å². The molecule has 0 bridgehead atoms. The minimum atomic E-state index is 0.359. The fourth-order valence-corrected chi connectivity index (χ4v) is 3.90. The maximum Gasteiger partial charge on any atom is 0.0433 e. The van der Waals surface area contributed by atoms with Crippen LogP contribution in [0.5, 0.6) is 0 Å². The smallest absolute Gasteiger partial charge is 0.0433 e. The summed E-state index contributed by atoms with van der Waals surface area (Å²) in [6.07, 6.45) is 13.8. The second-order valence-electron chi connectivity index (χ2n) is 7.16. The van der Waals surface area contributed by atoms with E-state index in [1.807, 2.05) is 0 Å². The van der Waals surface area contributed by atoms with Crippen LogP contribution in [0.3, 0.4) is 0 Å². The summed E-state index contributed by atoms with van der Waals surface area (Å²) in [6, 6.07) is 0. The first-order chi connectivity index (χ1) is 9.15. The molecule has 4 atom stereocenters. The molecule has 0 radical (unpaired) electrons. The van der Waals surface area contributed by atoms with E-state index >= 15 is 0 Å². The molecule has 1 fully saturated rings. The number of hydrogen-bond donors (Lipinski definition) is 1. The third-order valence-corrected chi connectivity index (χ3v) is 5.39. The van der Waals surface area contributed by atoms with Crippen molar-refractivity contribution in [3.8, 4) is 0 Å². The Kier molecular flexibility index (Phi) is 8.77. The van der Waals surface area contributed by atoms with E-state index in [0.29, 0.717) is 12.5 Å². The number of hydrogen-bond acceptors (Lipinski definition) is 1. The van der Waals surface area contributed by atoms with Gasteiger partial charge in [0, 0.05) is 6.61 Å². The predicted molar refractivity (Wildman–Crippen MR) is 84.2 cm³/mol. The first kappa shape index (κ1) is 17.0. The summed E-state index contributed by atoms with van der Waals surface area (Å²) in [5, 5.41) is 8.88. The standard InChI is InChI=1S/C18H36O/c1-15(13-14-19)9-5-4-6-10-16(2)18-12-8-7-11-17(18)3/h15-19H,4-14H2,1-3H3. The van der Waals surface area contributed by atoms with Gasteiger partial charge in [0.2, 0.25) is 0 Å². The van der Waals surface area contributed by atoms with Crippen molar-refractivity contribution in [1.82, 2.24) is 0 Å². The van der Waals surface area contributed by atoms with Gasteiger partial charge in [0.25, 0.3) is 0 Å². The highest BCUT2D eigenvalue weighted by Gasteiger charge is 2.25. The van der Waals surface area contributed by atoms with Crippen molar-refractivity contribution in [1.29, 1.82) is 0 Å². The van der Waals surface area contributed by atoms with Gasteiger partial charge in [0.05, 0.1) is 0 Å². The number of aliphatic hydroxyl groups excluding tert-OH is 1. The molecule has 4 unspecified atom stereocenters. The third-order valence-electron chi connectivity index (χ3n) is 5.39. The molecule has 0 saturated heterocycles. The summed E-state index contributed by atoms with van der Waals surface area (Å²) in [6.45, 7) is 7.58. The number of aliphatic hydroxyl groups is 1. The van der Waals surface area contributed by atoms with Crippen molar-refractivity contribution in [2.75, 3.05) is 6.61 Å².